The number of carbonyl (C=O) groups excluding carboxylic acids is 1. The third-order valence-corrected chi connectivity index (χ3v) is 4.24. The van der Waals surface area contributed by atoms with Crippen LogP contribution in [0.15, 0.2) is 22.9 Å². The Morgan fingerprint density at radius 1 is 1.45 bits per heavy atom. The van der Waals surface area contributed by atoms with Crippen LogP contribution in [0.3, 0.4) is 0 Å². The average Bonchev–Trinajstić information content (AvgIpc) is 2.45. The Balaban J connectivity index is 1.76. The fourth-order valence-electron chi connectivity index (χ4n) is 2.42. The number of nitrogens with zero attached hydrogens (tertiary/aromatic N) is 2. The van der Waals surface area contributed by atoms with Crippen molar-refractivity contribution in [2.45, 2.75) is 39.2 Å². The van der Waals surface area contributed by atoms with E-state index in [0.29, 0.717) is 5.92 Å². The van der Waals surface area contributed by atoms with Gasteiger partial charge in [0.15, 0.2) is 0 Å². The molecule has 2 rings (SSSR count). The number of likely N-dealkylation sites (tertiary alicyclic amines) is 1. The Morgan fingerprint density at radius 3 is 2.73 bits per heavy atom. The first-order valence-corrected chi connectivity index (χ1v) is 8.47. The SMILES string of the molecule is CC(C)(C)OC(=O)N1CCC(CNc2cccnc2Br)CC1. The molecule has 1 aromatic rings. The third kappa shape index (κ3) is 5.16. The van der Waals surface area contributed by atoms with Crippen LogP contribution in [0, 0.1) is 5.92 Å². The lowest BCUT2D eigenvalue weighted by Gasteiger charge is -2.33. The Kier molecular flexibility index (Phi) is 5.67. The average molecular weight is 370 g/mol. The number of nitrogens with one attached hydrogen (secondary N) is 1. The van der Waals surface area contributed by atoms with Crippen LogP contribution < -0.4 is 5.32 Å². The quantitative estimate of drug-likeness (QED) is 0.820. The lowest BCUT2D eigenvalue weighted by atomic mass is 9.97. The summed E-state index contributed by atoms with van der Waals surface area (Å²) in [5.41, 5.74) is 0.583. The summed E-state index contributed by atoms with van der Waals surface area (Å²) in [6.45, 7) is 8.10. The van der Waals surface area contributed by atoms with Crippen LogP contribution in [0.5, 0.6) is 0 Å². The Hall–Kier alpha value is -1.30. The van der Waals surface area contributed by atoms with Crippen molar-refractivity contribution in [1.82, 2.24) is 9.88 Å². The summed E-state index contributed by atoms with van der Waals surface area (Å²) in [4.78, 5) is 18.0. The van der Waals surface area contributed by atoms with Gasteiger partial charge in [0.25, 0.3) is 0 Å². The van der Waals surface area contributed by atoms with Crippen LogP contribution in [0.1, 0.15) is 33.6 Å². The minimum Gasteiger partial charge on any atom is -0.444 e. The molecule has 0 unspecified atom stereocenters. The summed E-state index contributed by atoms with van der Waals surface area (Å²) < 4.78 is 6.25. The van der Waals surface area contributed by atoms with E-state index in [1.165, 1.54) is 0 Å². The molecule has 1 N–H and O–H groups in total. The van der Waals surface area contributed by atoms with Gasteiger partial charge in [0, 0.05) is 25.8 Å². The molecule has 1 aliphatic heterocycles. The van der Waals surface area contributed by atoms with Crippen LogP contribution in [-0.4, -0.2) is 41.2 Å². The summed E-state index contributed by atoms with van der Waals surface area (Å²) in [5, 5.41) is 3.42. The molecule has 0 atom stereocenters. The summed E-state index contributed by atoms with van der Waals surface area (Å²) in [5.74, 6) is 0.561. The van der Waals surface area contributed by atoms with E-state index in [4.69, 9.17) is 4.74 Å². The molecule has 1 saturated heterocycles. The van der Waals surface area contributed by atoms with Crippen molar-refractivity contribution in [2.75, 3.05) is 25.0 Å². The number of pyridine rings is 1. The van der Waals surface area contributed by atoms with Crippen LogP contribution >= 0.6 is 15.9 Å². The number of hydrogen-bond donors (Lipinski definition) is 1. The Labute approximate surface area is 140 Å². The van der Waals surface area contributed by atoms with Crippen molar-refractivity contribution < 1.29 is 9.53 Å². The van der Waals surface area contributed by atoms with Gasteiger partial charge in [0.1, 0.15) is 10.2 Å². The lowest BCUT2D eigenvalue weighted by molar-refractivity contribution is 0.0188. The molecule has 1 amide bonds. The van der Waals surface area contributed by atoms with Gasteiger partial charge in [-0.25, -0.2) is 9.78 Å². The maximum absolute atomic E-state index is 12.0. The van der Waals surface area contributed by atoms with Crippen molar-refractivity contribution in [1.29, 1.82) is 0 Å². The van der Waals surface area contributed by atoms with E-state index in [2.05, 4.69) is 26.2 Å². The maximum Gasteiger partial charge on any atom is 0.410 e. The second-order valence-electron chi connectivity index (χ2n) is 6.63. The molecule has 1 aromatic heterocycles. The van der Waals surface area contributed by atoms with Gasteiger partial charge in [0.2, 0.25) is 0 Å². The molecule has 1 aliphatic rings. The van der Waals surface area contributed by atoms with Gasteiger partial charge in [-0.3, -0.25) is 0 Å². The Morgan fingerprint density at radius 2 is 2.14 bits per heavy atom. The van der Waals surface area contributed by atoms with Crippen molar-refractivity contribution in [3.05, 3.63) is 22.9 Å². The first-order chi connectivity index (χ1) is 10.3. The highest BCUT2D eigenvalue weighted by molar-refractivity contribution is 9.10. The predicted octanol–water partition coefficient (Wildman–Crippen LogP) is 3.90. The summed E-state index contributed by atoms with van der Waals surface area (Å²) >= 11 is 3.43. The van der Waals surface area contributed by atoms with E-state index in [1.807, 2.05) is 37.8 Å². The van der Waals surface area contributed by atoms with Gasteiger partial charge in [-0.15, -0.1) is 0 Å². The normalized spacial score (nSPS) is 16.5. The first-order valence-electron chi connectivity index (χ1n) is 7.67. The van der Waals surface area contributed by atoms with E-state index in [-0.39, 0.29) is 6.09 Å². The highest BCUT2D eigenvalue weighted by atomic mass is 79.9. The standard InChI is InChI=1S/C16H24BrN3O2/c1-16(2,3)22-15(21)20-9-6-12(7-10-20)11-19-13-5-4-8-18-14(13)17/h4-5,8,12,19H,6-7,9-11H2,1-3H3. The molecule has 0 radical (unpaired) electrons. The van der Waals surface area contributed by atoms with E-state index in [9.17, 15) is 4.79 Å². The van der Waals surface area contributed by atoms with E-state index >= 15 is 0 Å². The maximum atomic E-state index is 12.0. The number of ether oxygens (including phenoxy) is 1. The van der Waals surface area contributed by atoms with Gasteiger partial charge < -0.3 is 15.0 Å². The molecule has 0 aromatic carbocycles. The number of rotatable bonds is 3. The Bertz CT molecular complexity index is 508. The van der Waals surface area contributed by atoms with Gasteiger partial charge in [0.05, 0.1) is 5.69 Å². The van der Waals surface area contributed by atoms with Gasteiger partial charge >= 0.3 is 6.09 Å². The number of anilines is 1. The predicted molar refractivity (Wildman–Crippen MR) is 91.0 cm³/mol. The summed E-state index contributed by atoms with van der Waals surface area (Å²) in [6.07, 6.45) is 3.54. The van der Waals surface area contributed by atoms with Gasteiger partial charge in [-0.1, -0.05) is 0 Å². The van der Waals surface area contributed by atoms with Gasteiger partial charge in [-0.05, 0) is 67.6 Å². The molecule has 0 saturated carbocycles. The highest BCUT2D eigenvalue weighted by Gasteiger charge is 2.26. The highest BCUT2D eigenvalue weighted by Crippen LogP contribution is 2.22. The molecule has 2 heterocycles. The molecule has 5 nitrogen and oxygen atoms in total. The topological polar surface area (TPSA) is 54.5 Å². The van der Waals surface area contributed by atoms with Crippen LogP contribution in [0.4, 0.5) is 10.5 Å². The number of halogens is 1. The molecule has 0 aliphatic carbocycles. The minimum atomic E-state index is -0.428. The molecule has 22 heavy (non-hydrogen) atoms. The van der Waals surface area contributed by atoms with E-state index < -0.39 is 5.60 Å². The van der Waals surface area contributed by atoms with Crippen molar-refractivity contribution >= 4 is 27.7 Å². The van der Waals surface area contributed by atoms with E-state index in [0.717, 1.165) is 42.8 Å². The van der Waals surface area contributed by atoms with E-state index in [1.54, 1.807) is 6.20 Å². The zero-order valence-corrected chi connectivity index (χ0v) is 15.0. The molecular formula is C16H24BrN3O2. The molecule has 0 spiro atoms. The van der Waals surface area contributed by atoms with Crippen LogP contribution in [-0.2, 0) is 4.74 Å². The molecule has 122 valence electrons. The first kappa shape index (κ1) is 17.1. The number of piperidine rings is 1. The fourth-order valence-corrected chi connectivity index (χ4v) is 2.81. The summed E-state index contributed by atoms with van der Waals surface area (Å²) in [7, 11) is 0. The second-order valence-corrected chi connectivity index (χ2v) is 7.38. The van der Waals surface area contributed by atoms with Crippen molar-refractivity contribution in [3.63, 3.8) is 0 Å². The van der Waals surface area contributed by atoms with Crippen LogP contribution in [0.25, 0.3) is 0 Å². The van der Waals surface area contributed by atoms with Crippen molar-refractivity contribution in [2.24, 2.45) is 5.92 Å². The summed E-state index contributed by atoms with van der Waals surface area (Å²) in [6, 6.07) is 3.92. The van der Waals surface area contributed by atoms with Crippen LogP contribution in [0.2, 0.25) is 0 Å². The third-order valence-electron chi connectivity index (χ3n) is 3.61. The number of hydrogen-bond acceptors (Lipinski definition) is 4. The molecule has 1 fully saturated rings. The van der Waals surface area contributed by atoms with Gasteiger partial charge in [-0.2, -0.15) is 0 Å². The monoisotopic (exact) mass is 369 g/mol. The molecular weight excluding hydrogens is 346 g/mol. The molecule has 6 heteroatoms. The zero-order chi connectivity index (χ0) is 16.2. The lowest BCUT2D eigenvalue weighted by Crippen LogP contribution is -2.42. The van der Waals surface area contributed by atoms with Crippen molar-refractivity contribution in [3.8, 4) is 0 Å². The molecule has 0 bridgehead atoms. The number of carbonyl (C=O) groups is 1. The minimum absolute atomic E-state index is 0.200. The largest absolute Gasteiger partial charge is 0.444 e. The smallest absolute Gasteiger partial charge is 0.410 e. The second kappa shape index (κ2) is 7.31. The number of amides is 1. The fraction of sp³-hybridized carbons (Fsp3) is 0.625. The zero-order valence-electron chi connectivity index (χ0n) is 13.4. The number of aromatic nitrogens is 1.